The number of Topliss-reactive ketones (excluding diaryl/α,β-unsaturated/α-hetero) is 1. The first kappa shape index (κ1) is 17.7. The Morgan fingerprint density at radius 1 is 1.20 bits per heavy atom. The van der Waals surface area contributed by atoms with Gasteiger partial charge in [-0.25, -0.2) is 0 Å². The number of hydrogen-bond acceptors (Lipinski definition) is 3. The van der Waals surface area contributed by atoms with Gasteiger partial charge in [0.2, 0.25) is 0 Å². The van der Waals surface area contributed by atoms with E-state index in [1.165, 1.54) is 24.8 Å². The minimum atomic E-state index is -0.160. The third-order valence-corrected chi connectivity index (χ3v) is 8.75. The summed E-state index contributed by atoms with van der Waals surface area (Å²) in [7, 11) is 0. The molecule has 0 saturated heterocycles. The number of aliphatic hydroxyl groups is 2. The molecule has 4 saturated carbocycles. The van der Waals surface area contributed by atoms with Crippen LogP contribution in [0.15, 0.2) is 11.6 Å². The molecule has 0 bridgehead atoms. The molecule has 0 aromatic heterocycles. The Hall–Kier alpha value is -0.670. The first-order valence-electron chi connectivity index (χ1n) is 10.4. The van der Waals surface area contributed by atoms with E-state index in [0.717, 1.165) is 32.1 Å². The van der Waals surface area contributed by atoms with Gasteiger partial charge in [0.05, 0.1) is 12.7 Å². The third-order valence-electron chi connectivity index (χ3n) is 8.75. The van der Waals surface area contributed by atoms with Crippen molar-refractivity contribution in [2.24, 2.45) is 34.5 Å². The predicted molar refractivity (Wildman–Crippen MR) is 97.9 cm³/mol. The van der Waals surface area contributed by atoms with Crippen LogP contribution >= 0.6 is 0 Å². The van der Waals surface area contributed by atoms with Gasteiger partial charge in [0, 0.05) is 12.3 Å². The lowest BCUT2D eigenvalue weighted by atomic mass is 9.42. The van der Waals surface area contributed by atoms with Crippen molar-refractivity contribution < 1.29 is 15.0 Å². The molecule has 2 N–H and O–H groups in total. The van der Waals surface area contributed by atoms with Gasteiger partial charge in [0.25, 0.3) is 0 Å². The summed E-state index contributed by atoms with van der Waals surface area (Å²) in [4.78, 5) is 13.4. The van der Waals surface area contributed by atoms with E-state index in [2.05, 4.69) is 13.8 Å². The van der Waals surface area contributed by atoms with Crippen molar-refractivity contribution >= 4 is 5.78 Å². The van der Waals surface area contributed by atoms with Gasteiger partial charge in [0.15, 0.2) is 0 Å². The molecule has 0 heterocycles. The van der Waals surface area contributed by atoms with E-state index in [-0.39, 0.29) is 29.5 Å². The normalized spacial score (nSPS) is 51.6. The van der Waals surface area contributed by atoms with E-state index in [1.807, 2.05) is 6.08 Å². The Morgan fingerprint density at radius 3 is 2.76 bits per heavy atom. The summed E-state index contributed by atoms with van der Waals surface area (Å²) in [5, 5.41) is 19.6. The van der Waals surface area contributed by atoms with Crippen molar-refractivity contribution in [2.45, 2.75) is 77.7 Å². The second kappa shape index (κ2) is 6.20. The highest BCUT2D eigenvalue weighted by Gasteiger charge is 2.61. The summed E-state index contributed by atoms with van der Waals surface area (Å²) in [6.45, 7) is 4.75. The fourth-order valence-corrected chi connectivity index (χ4v) is 7.55. The van der Waals surface area contributed by atoms with Gasteiger partial charge in [-0.1, -0.05) is 25.5 Å². The van der Waals surface area contributed by atoms with Gasteiger partial charge in [-0.15, -0.1) is 0 Å². The minimum absolute atomic E-state index is 0.0311. The number of aliphatic hydroxyl groups excluding tert-OH is 2. The molecule has 4 rings (SSSR count). The maximum atomic E-state index is 13.4. The number of hydrogen-bond donors (Lipinski definition) is 2. The SMILES string of the molecule is C[C@@]12CC[C@H](O)C[C@@H]1CC[C@H]1[C@H]3CCC/C(=C\CO)[C@]3(C)CC(=O)[C@@H]12. The smallest absolute Gasteiger partial charge is 0.137 e. The summed E-state index contributed by atoms with van der Waals surface area (Å²) >= 11 is 0. The zero-order chi connectivity index (χ0) is 17.8. The second-order valence-electron chi connectivity index (χ2n) is 9.82. The van der Waals surface area contributed by atoms with E-state index < -0.39 is 0 Å². The molecule has 0 radical (unpaired) electrons. The van der Waals surface area contributed by atoms with Crippen LogP contribution in [-0.4, -0.2) is 28.7 Å². The lowest BCUT2D eigenvalue weighted by molar-refractivity contribution is -0.161. The van der Waals surface area contributed by atoms with Crippen molar-refractivity contribution in [1.82, 2.24) is 0 Å². The fourth-order valence-electron chi connectivity index (χ4n) is 7.55. The van der Waals surface area contributed by atoms with E-state index in [0.29, 0.717) is 30.0 Å². The van der Waals surface area contributed by atoms with Crippen LogP contribution in [0.4, 0.5) is 0 Å². The largest absolute Gasteiger partial charge is 0.393 e. The van der Waals surface area contributed by atoms with Gasteiger partial charge in [-0.05, 0) is 80.0 Å². The molecule has 0 aromatic carbocycles. The molecule has 0 unspecified atom stereocenters. The standard InChI is InChI=1S/C22H34O3/c1-21-10-8-16(24)12-15(21)6-7-17-18-5-3-4-14(9-11-23)22(18,2)13-19(25)20(17)21/h9,15-18,20,23-24H,3-8,10-13H2,1-2H3/b14-9+/t15-,16-,17-,18+,20+,21+,22-/m0/s1. The number of allylic oxidation sites excluding steroid dienone is 1. The van der Waals surface area contributed by atoms with Gasteiger partial charge >= 0.3 is 0 Å². The molecule has 4 fully saturated rings. The lowest BCUT2D eigenvalue weighted by Crippen LogP contribution is -2.58. The van der Waals surface area contributed by atoms with Crippen molar-refractivity contribution in [2.75, 3.05) is 6.61 Å². The average Bonchev–Trinajstić information content (AvgIpc) is 2.56. The highest BCUT2D eigenvalue weighted by molar-refractivity contribution is 5.84. The van der Waals surface area contributed by atoms with Gasteiger partial charge in [-0.3, -0.25) is 4.79 Å². The molecular weight excluding hydrogens is 312 g/mol. The number of carbonyl (C=O) groups excluding carboxylic acids is 1. The molecule has 0 aliphatic heterocycles. The van der Waals surface area contributed by atoms with Crippen LogP contribution in [0, 0.1) is 34.5 Å². The van der Waals surface area contributed by atoms with Crippen molar-refractivity contribution in [3.8, 4) is 0 Å². The van der Waals surface area contributed by atoms with E-state index >= 15 is 0 Å². The summed E-state index contributed by atoms with van der Waals surface area (Å²) in [5.74, 6) is 2.28. The molecule has 0 aromatic rings. The summed E-state index contributed by atoms with van der Waals surface area (Å²) < 4.78 is 0. The van der Waals surface area contributed by atoms with Crippen LogP contribution in [-0.2, 0) is 4.79 Å². The van der Waals surface area contributed by atoms with Crippen LogP contribution in [0.1, 0.15) is 71.6 Å². The predicted octanol–water partition coefficient (Wildman–Crippen LogP) is 3.88. The zero-order valence-electron chi connectivity index (χ0n) is 15.8. The molecule has 4 aliphatic carbocycles. The Bertz CT molecular complexity index is 582. The van der Waals surface area contributed by atoms with Crippen LogP contribution in [0.2, 0.25) is 0 Å². The molecule has 0 spiro atoms. The van der Waals surface area contributed by atoms with Crippen LogP contribution < -0.4 is 0 Å². The Labute approximate surface area is 151 Å². The van der Waals surface area contributed by atoms with Gasteiger partial charge < -0.3 is 10.2 Å². The summed E-state index contributed by atoms with van der Waals surface area (Å²) in [6, 6.07) is 0. The molecular formula is C22H34O3. The van der Waals surface area contributed by atoms with E-state index in [4.69, 9.17) is 0 Å². The number of fused-ring (bicyclic) bond motifs is 5. The van der Waals surface area contributed by atoms with Crippen molar-refractivity contribution in [3.05, 3.63) is 11.6 Å². The van der Waals surface area contributed by atoms with Crippen LogP contribution in [0.5, 0.6) is 0 Å². The topological polar surface area (TPSA) is 57.5 Å². The molecule has 25 heavy (non-hydrogen) atoms. The van der Waals surface area contributed by atoms with Crippen molar-refractivity contribution in [1.29, 1.82) is 0 Å². The summed E-state index contributed by atoms with van der Waals surface area (Å²) in [6.07, 6.45) is 11.1. The quantitative estimate of drug-likeness (QED) is 0.709. The monoisotopic (exact) mass is 346 g/mol. The Balaban J connectivity index is 1.69. The maximum absolute atomic E-state index is 13.4. The number of carbonyl (C=O) groups is 1. The molecule has 7 atom stereocenters. The first-order valence-corrected chi connectivity index (χ1v) is 10.4. The molecule has 4 aliphatic rings. The Kier molecular flexibility index (Phi) is 4.39. The van der Waals surface area contributed by atoms with Crippen molar-refractivity contribution in [3.63, 3.8) is 0 Å². The molecule has 0 amide bonds. The molecule has 140 valence electrons. The summed E-state index contributed by atoms with van der Waals surface area (Å²) in [5.41, 5.74) is 1.40. The Morgan fingerprint density at radius 2 is 2.00 bits per heavy atom. The second-order valence-corrected chi connectivity index (χ2v) is 9.82. The number of ketones is 1. The fraction of sp³-hybridized carbons (Fsp3) is 0.864. The number of rotatable bonds is 1. The van der Waals surface area contributed by atoms with Crippen LogP contribution in [0.3, 0.4) is 0 Å². The van der Waals surface area contributed by atoms with Gasteiger partial charge in [-0.2, -0.15) is 0 Å². The lowest BCUT2D eigenvalue weighted by Gasteiger charge is -2.61. The van der Waals surface area contributed by atoms with Crippen LogP contribution in [0.25, 0.3) is 0 Å². The molecule has 3 heteroatoms. The minimum Gasteiger partial charge on any atom is -0.393 e. The zero-order valence-corrected chi connectivity index (χ0v) is 15.8. The van der Waals surface area contributed by atoms with Gasteiger partial charge in [0.1, 0.15) is 5.78 Å². The maximum Gasteiger partial charge on any atom is 0.137 e. The molecule has 3 nitrogen and oxygen atoms in total. The average molecular weight is 347 g/mol. The third kappa shape index (κ3) is 2.56. The first-order chi connectivity index (χ1) is 11.9. The van der Waals surface area contributed by atoms with E-state index in [9.17, 15) is 15.0 Å². The highest BCUT2D eigenvalue weighted by atomic mass is 16.3. The highest BCUT2D eigenvalue weighted by Crippen LogP contribution is 2.65. The van der Waals surface area contributed by atoms with E-state index in [1.54, 1.807) is 0 Å².